The molecular weight excluding hydrogens is 312 g/mol. The van der Waals surface area contributed by atoms with Crippen molar-refractivity contribution in [1.82, 2.24) is 0 Å². The molecule has 2 heteroatoms. The summed E-state index contributed by atoms with van der Waals surface area (Å²) >= 11 is 0. The predicted octanol–water partition coefficient (Wildman–Crippen LogP) is 6.34. The van der Waals surface area contributed by atoms with Crippen LogP contribution in [0.25, 0.3) is 11.1 Å². The molecule has 0 aliphatic heterocycles. The lowest BCUT2D eigenvalue weighted by Crippen LogP contribution is -2.25. The summed E-state index contributed by atoms with van der Waals surface area (Å²) in [5.41, 5.74) is 3.82. The average Bonchev–Trinajstić information content (AvgIpc) is 2.61. The normalized spacial score (nSPS) is 13.8. The van der Waals surface area contributed by atoms with Crippen molar-refractivity contribution in [2.24, 2.45) is 0 Å². The fourth-order valence-electron chi connectivity index (χ4n) is 2.73. The topological polar surface area (TPSA) is 17.1 Å². The van der Waals surface area contributed by atoms with Gasteiger partial charge in [0, 0.05) is 9.64 Å². The highest BCUT2D eigenvalue weighted by molar-refractivity contribution is 7.86. The maximum absolute atomic E-state index is 13.0. The fourth-order valence-corrected chi connectivity index (χ4v) is 4.04. The molecule has 1 atom stereocenters. The van der Waals surface area contributed by atoms with Gasteiger partial charge in [0.2, 0.25) is 0 Å². The zero-order valence-electron chi connectivity index (χ0n) is 15.8. The molecular formula is C22H30OS. The van der Waals surface area contributed by atoms with E-state index < -0.39 is 10.8 Å². The first kappa shape index (κ1) is 18.9. The first-order chi connectivity index (χ1) is 11.2. The van der Waals surface area contributed by atoms with Gasteiger partial charge >= 0.3 is 0 Å². The Bertz CT molecular complexity index is 714. The van der Waals surface area contributed by atoms with Crippen molar-refractivity contribution in [3.05, 3.63) is 54.1 Å². The molecule has 1 nitrogen and oxygen atoms in total. The average molecular weight is 343 g/mol. The molecule has 0 saturated carbocycles. The number of hydrogen-bond donors (Lipinski definition) is 0. The van der Waals surface area contributed by atoms with E-state index in [2.05, 4.69) is 84.0 Å². The van der Waals surface area contributed by atoms with E-state index in [1.165, 1.54) is 16.7 Å². The minimum absolute atomic E-state index is 0.0888. The molecule has 130 valence electrons. The Hall–Kier alpha value is -1.41. The zero-order chi connectivity index (χ0) is 18.0. The second kappa shape index (κ2) is 7.23. The molecule has 0 aliphatic rings. The fraction of sp³-hybridized carbons (Fsp3) is 0.455. The smallest absolute Gasteiger partial charge is 0.0586 e. The Morgan fingerprint density at radius 3 is 2.04 bits per heavy atom. The van der Waals surface area contributed by atoms with Crippen molar-refractivity contribution in [3.63, 3.8) is 0 Å². The Kier molecular flexibility index (Phi) is 5.70. The van der Waals surface area contributed by atoms with E-state index >= 15 is 0 Å². The molecule has 2 aromatic rings. The van der Waals surface area contributed by atoms with E-state index in [0.717, 1.165) is 17.7 Å². The van der Waals surface area contributed by atoms with Crippen LogP contribution >= 0.6 is 0 Å². The predicted molar refractivity (Wildman–Crippen MR) is 106 cm³/mol. The molecule has 0 fully saturated rings. The van der Waals surface area contributed by atoms with Crippen LogP contribution in [0.4, 0.5) is 0 Å². The van der Waals surface area contributed by atoms with Gasteiger partial charge in [-0.2, -0.15) is 0 Å². The quantitative estimate of drug-likeness (QED) is 0.599. The molecule has 0 saturated heterocycles. The molecule has 0 heterocycles. The summed E-state index contributed by atoms with van der Waals surface area (Å²) in [5, 5.41) is 0. The molecule has 0 aliphatic carbocycles. The maximum atomic E-state index is 13.0. The van der Waals surface area contributed by atoms with Crippen LogP contribution < -0.4 is 0 Å². The first-order valence-corrected chi connectivity index (χ1v) is 9.99. The van der Waals surface area contributed by atoms with Gasteiger partial charge in [-0.3, -0.25) is 4.21 Å². The van der Waals surface area contributed by atoms with Gasteiger partial charge in [0.05, 0.1) is 10.8 Å². The molecule has 0 spiro atoms. The second-order valence-electron chi connectivity index (χ2n) is 7.69. The Morgan fingerprint density at radius 2 is 1.50 bits per heavy atom. The summed E-state index contributed by atoms with van der Waals surface area (Å²) < 4.78 is 12.8. The number of benzene rings is 2. The summed E-state index contributed by atoms with van der Waals surface area (Å²) in [6, 6.07) is 16.9. The lowest BCUT2D eigenvalue weighted by Gasteiger charge is -2.28. The van der Waals surface area contributed by atoms with Gasteiger partial charge in [0.25, 0.3) is 0 Å². The summed E-state index contributed by atoms with van der Waals surface area (Å²) in [7, 11) is -1.01. The van der Waals surface area contributed by atoms with E-state index in [9.17, 15) is 4.21 Å². The maximum Gasteiger partial charge on any atom is 0.0586 e. The van der Waals surface area contributed by atoms with Gasteiger partial charge in [-0.25, -0.2) is 0 Å². The molecule has 1 unspecified atom stereocenters. The molecule has 0 amide bonds. The van der Waals surface area contributed by atoms with Crippen LogP contribution in [0.2, 0.25) is 0 Å². The van der Waals surface area contributed by atoms with E-state index in [0.29, 0.717) is 0 Å². The second-order valence-corrected chi connectivity index (χ2v) is 9.81. The van der Waals surface area contributed by atoms with Crippen molar-refractivity contribution < 1.29 is 4.21 Å². The lowest BCUT2D eigenvalue weighted by atomic mass is 9.78. The zero-order valence-corrected chi connectivity index (χ0v) is 16.7. The van der Waals surface area contributed by atoms with Crippen LogP contribution in [0, 0.1) is 0 Å². The van der Waals surface area contributed by atoms with Crippen LogP contribution in [0.15, 0.2) is 53.4 Å². The van der Waals surface area contributed by atoms with Gasteiger partial charge < -0.3 is 0 Å². The summed E-state index contributed by atoms with van der Waals surface area (Å²) in [5.74, 6) is 0. The van der Waals surface area contributed by atoms with Crippen molar-refractivity contribution in [2.45, 2.75) is 69.4 Å². The minimum Gasteiger partial charge on any atom is -0.254 e. The molecule has 0 N–H and O–H groups in total. The monoisotopic (exact) mass is 342 g/mol. The third kappa shape index (κ3) is 3.80. The highest BCUT2D eigenvalue weighted by atomic mass is 32.2. The van der Waals surface area contributed by atoms with Crippen LogP contribution in [-0.2, 0) is 16.2 Å². The molecule has 0 aromatic heterocycles. The van der Waals surface area contributed by atoms with E-state index in [4.69, 9.17) is 0 Å². The Balaban J connectivity index is 2.64. The minimum atomic E-state index is -1.01. The summed E-state index contributed by atoms with van der Waals surface area (Å²) in [6.45, 7) is 13.0. The standard InChI is InChI=1S/C22H30OS/c1-7-21(3,4)20-15-14-18(24(23)22(5,6)8-2)16-19(20)17-12-10-9-11-13-17/h9-16H,7-8H2,1-6H3. The number of hydrogen-bond acceptors (Lipinski definition) is 1. The number of rotatable bonds is 6. The van der Waals surface area contributed by atoms with E-state index in [1.54, 1.807) is 0 Å². The molecule has 0 radical (unpaired) electrons. The van der Waals surface area contributed by atoms with E-state index in [-0.39, 0.29) is 10.2 Å². The third-order valence-electron chi connectivity index (χ3n) is 5.26. The Morgan fingerprint density at radius 1 is 0.875 bits per heavy atom. The third-order valence-corrected chi connectivity index (χ3v) is 7.23. The van der Waals surface area contributed by atoms with Crippen LogP contribution in [0.5, 0.6) is 0 Å². The van der Waals surface area contributed by atoms with E-state index in [1.807, 2.05) is 6.07 Å². The van der Waals surface area contributed by atoms with Crippen LogP contribution in [0.1, 0.15) is 59.9 Å². The lowest BCUT2D eigenvalue weighted by molar-refractivity contribution is 0.507. The SMILES string of the molecule is CCC(C)(C)c1ccc(S(=O)C(C)(C)CC)cc1-c1ccccc1. The highest BCUT2D eigenvalue weighted by Gasteiger charge is 2.27. The van der Waals surface area contributed by atoms with Gasteiger partial charge in [-0.15, -0.1) is 0 Å². The van der Waals surface area contributed by atoms with Gasteiger partial charge in [0.15, 0.2) is 0 Å². The molecule has 0 bridgehead atoms. The summed E-state index contributed by atoms with van der Waals surface area (Å²) in [6.07, 6.45) is 1.96. The van der Waals surface area contributed by atoms with Gasteiger partial charge in [-0.05, 0) is 60.9 Å². The van der Waals surface area contributed by atoms with Crippen molar-refractivity contribution in [1.29, 1.82) is 0 Å². The molecule has 2 aromatic carbocycles. The van der Waals surface area contributed by atoms with Crippen LogP contribution in [-0.4, -0.2) is 8.96 Å². The van der Waals surface area contributed by atoms with Crippen LogP contribution in [0.3, 0.4) is 0 Å². The van der Waals surface area contributed by atoms with Gasteiger partial charge in [0.1, 0.15) is 0 Å². The molecule has 2 rings (SSSR count). The van der Waals surface area contributed by atoms with Crippen molar-refractivity contribution >= 4 is 10.8 Å². The largest absolute Gasteiger partial charge is 0.254 e. The molecule has 24 heavy (non-hydrogen) atoms. The Labute approximate surface area is 150 Å². The highest BCUT2D eigenvalue weighted by Crippen LogP contribution is 2.37. The first-order valence-electron chi connectivity index (χ1n) is 8.84. The van der Waals surface area contributed by atoms with Crippen molar-refractivity contribution in [3.8, 4) is 11.1 Å². The summed E-state index contributed by atoms with van der Waals surface area (Å²) in [4.78, 5) is 0.927. The van der Waals surface area contributed by atoms with Crippen molar-refractivity contribution in [2.75, 3.05) is 0 Å². The van der Waals surface area contributed by atoms with Gasteiger partial charge in [-0.1, -0.05) is 64.1 Å².